The summed E-state index contributed by atoms with van der Waals surface area (Å²) in [6.45, 7) is 8.13. The van der Waals surface area contributed by atoms with E-state index in [1.54, 1.807) is 23.1 Å². The van der Waals surface area contributed by atoms with Crippen molar-refractivity contribution in [3.05, 3.63) is 35.5 Å². The first-order valence-electron chi connectivity index (χ1n) is 8.27. The number of thiazole rings is 1. The van der Waals surface area contributed by atoms with Crippen molar-refractivity contribution in [2.24, 2.45) is 0 Å². The number of anilines is 1. The minimum atomic E-state index is -0.488. The van der Waals surface area contributed by atoms with Crippen molar-refractivity contribution >= 4 is 22.6 Å². The summed E-state index contributed by atoms with van der Waals surface area (Å²) in [7, 11) is 0. The predicted octanol–water partition coefficient (Wildman–Crippen LogP) is 4.01. The lowest BCUT2D eigenvalue weighted by Crippen LogP contribution is -2.50. The topological polar surface area (TPSA) is 45.7 Å². The third-order valence-electron chi connectivity index (χ3n) is 3.84. The lowest BCUT2D eigenvalue weighted by Gasteiger charge is -2.35. The van der Waals surface area contributed by atoms with E-state index in [1.165, 1.54) is 17.4 Å². The fraction of sp³-hybridized carbons (Fsp3) is 0.444. The molecule has 1 aliphatic rings. The molecule has 0 atom stereocenters. The van der Waals surface area contributed by atoms with Gasteiger partial charge in [0.1, 0.15) is 11.4 Å². The highest BCUT2D eigenvalue weighted by molar-refractivity contribution is 7.14. The maximum absolute atomic E-state index is 13.9. The van der Waals surface area contributed by atoms with Gasteiger partial charge in [0.15, 0.2) is 5.13 Å². The second-order valence-corrected chi connectivity index (χ2v) is 7.79. The van der Waals surface area contributed by atoms with Crippen LogP contribution in [0.5, 0.6) is 0 Å². The molecule has 0 N–H and O–H groups in total. The highest BCUT2D eigenvalue weighted by Gasteiger charge is 2.27. The van der Waals surface area contributed by atoms with Crippen LogP contribution in [0.1, 0.15) is 20.8 Å². The molecule has 5 nitrogen and oxygen atoms in total. The lowest BCUT2D eigenvalue weighted by atomic mass is 10.2. The zero-order valence-electron chi connectivity index (χ0n) is 14.7. The molecule has 0 aliphatic carbocycles. The van der Waals surface area contributed by atoms with Gasteiger partial charge in [-0.1, -0.05) is 12.1 Å². The number of ether oxygens (including phenoxy) is 1. The van der Waals surface area contributed by atoms with Gasteiger partial charge in [-0.2, -0.15) is 0 Å². The van der Waals surface area contributed by atoms with Crippen molar-refractivity contribution in [1.82, 2.24) is 9.88 Å². The van der Waals surface area contributed by atoms with Crippen LogP contribution < -0.4 is 4.90 Å². The molecule has 1 saturated heterocycles. The molecule has 3 rings (SSSR count). The Bertz CT molecular complexity index is 749. The molecule has 1 amide bonds. The van der Waals surface area contributed by atoms with Crippen molar-refractivity contribution in [1.29, 1.82) is 0 Å². The van der Waals surface area contributed by atoms with Crippen LogP contribution in [0.4, 0.5) is 14.3 Å². The Morgan fingerprint density at radius 3 is 2.52 bits per heavy atom. The van der Waals surface area contributed by atoms with Crippen LogP contribution in [0.15, 0.2) is 29.6 Å². The number of carbonyl (C=O) groups is 1. The Hall–Kier alpha value is -2.15. The zero-order chi connectivity index (χ0) is 18.0. The normalized spacial score (nSPS) is 15.4. The average molecular weight is 363 g/mol. The van der Waals surface area contributed by atoms with Crippen molar-refractivity contribution in [3.8, 4) is 11.3 Å². The van der Waals surface area contributed by atoms with E-state index in [-0.39, 0.29) is 11.9 Å². The fourth-order valence-corrected chi connectivity index (χ4v) is 3.49. The van der Waals surface area contributed by atoms with Gasteiger partial charge in [-0.05, 0) is 32.9 Å². The molecular weight excluding hydrogens is 341 g/mol. The number of rotatable bonds is 2. The van der Waals surface area contributed by atoms with E-state index in [4.69, 9.17) is 4.74 Å². The summed E-state index contributed by atoms with van der Waals surface area (Å²) in [5.41, 5.74) is 0.670. The lowest BCUT2D eigenvalue weighted by molar-refractivity contribution is 0.0240. The number of amides is 1. The molecule has 1 aliphatic heterocycles. The first kappa shape index (κ1) is 17.7. The Balaban J connectivity index is 1.63. The van der Waals surface area contributed by atoms with E-state index in [9.17, 15) is 9.18 Å². The fourth-order valence-electron chi connectivity index (χ4n) is 2.61. The van der Waals surface area contributed by atoms with Crippen LogP contribution in [0.2, 0.25) is 0 Å². The summed E-state index contributed by atoms with van der Waals surface area (Å²) in [6, 6.07) is 6.64. The van der Waals surface area contributed by atoms with Crippen LogP contribution in [-0.2, 0) is 4.74 Å². The second kappa shape index (κ2) is 7.00. The molecule has 7 heteroatoms. The minimum Gasteiger partial charge on any atom is -0.444 e. The molecule has 25 heavy (non-hydrogen) atoms. The molecule has 1 aromatic heterocycles. The van der Waals surface area contributed by atoms with Crippen LogP contribution in [-0.4, -0.2) is 47.8 Å². The average Bonchev–Trinajstić information content (AvgIpc) is 3.03. The van der Waals surface area contributed by atoms with Crippen LogP contribution in [0.3, 0.4) is 0 Å². The quantitative estimate of drug-likeness (QED) is 0.809. The van der Waals surface area contributed by atoms with Gasteiger partial charge in [-0.3, -0.25) is 0 Å². The van der Waals surface area contributed by atoms with E-state index >= 15 is 0 Å². The maximum atomic E-state index is 13.9. The van der Waals surface area contributed by atoms with E-state index in [0.717, 1.165) is 5.13 Å². The first-order valence-corrected chi connectivity index (χ1v) is 9.15. The number of piperazine rings is 1. The van der Waals surface area contributed by atoms with Gasteiger partial charge in [0.25, 0.3) is 0 Å². The predicted molar refractivity (Wildman–Crippen MR) is 97.5 cm³/mol. The van der Waals surface area contributed by atoms with Crippen molar-refractivity contribution < 1.29 is 13.9 Å². The highest BCUT2D eigenvalue weighted by Crippen LogP contribution is 2.29. The second-order valence-electron chi connectivity index (χ2n) is 6.95. The molecule has 1 aromatic carbocycles. The summed E-state index contributed by atoms with van der Waals surface area (Å²) < 4.78 is 19.3. The standard InChI is InChI=1S/C18H22FN3O2S/c1-18(2,3)24-17(23)22-10-8-21(9-11-22)16-20-15(12-25-16)13-6-4-5-7-14(13)19/h4-7,12H,8-11H2,1-3H3. The summed E-state index contributed by atoms with van der Waals surface area (Å²) >= 11 is 1.49. The smallest absolute Gasteiger partial charge is 0.410 e. The van der Waals surface area contributed by atoms with Gasteiger partial charge in [-0.15, -0.1) is 11.3 Å². The van der Waals surface area contributed by atoms with E-state index < -0.39 is 5.60 Å². The van der Waals surface area contributed by atoms with Crippen LogP contribution in [0, 0.1) is 5.82 Å². The van der Waals surface area contributed by atoms with Crippen LogP contribution in [0.25, 0.3) is 11.3 Å². The molecule has 1 fully saturated rings. The minimum absolute atomic E-state index is 0.269. The molecule has 0 bridgehead atoms. The number of aromatic nitrogens is 1. The van der Waals surface area contributed by atoms with Gasteiger partial charge in [0.05, 0.1) is 5.69 Å². The number of halogens is 1. The van der Waals surface area contributed by atoms with Crippen LogP contribution >= 0.6 is 11.3 Å². The van der Waals surface area contributed by atoms with Gasteiger partial charge in [0.2, 0.25) is 0 Å². The molecular formula is C18H22FN3O2S. The Kier molecular flexibility index (Phi) is 4.94. The van der Waals surface area contributed by atoms with Gasteiger partial charge < -0.3 is 14.5 Å². The Morgan fingerprint density at radius 1 is 1.20 bits per heavy atom. The van der Waals surface area contributed by atoms with Gasteiger partial charge in [0, 0.05) is 37.1 Å². The number of hydrogen-bond acceptors (Lipinski definition) is 5. The monoisotopic (exact) mass is 363 g/mol. The Labute approximate surface area is 151 Å². The maximum Gasteiger partial charge on any atom is 0.410 e. The summed E-state index contributed by atoms with van der Waals surface area (Å²) in [6.07, 6.45) is -0.279. The van der Waals surface area contributed by atoms with Crippen molar-refractivity contribution in [2.45, 2.75) is 26.4 Å². The van der Waals surface area contributed by atoms with Gasteiger partial charge >= 0.3 is 6.09 Å². The van der Waals surface area contributed by atoms with E-state index in [1.807, 2.05) is 26.2 Å². The summed E-state index contributed by atoms with van der Waals surface area (Å²) in [5.74, 6) is -0.269. The third kappa shape index (κ3) is 4.28. The van der Waals surface area contributed by atoms with Crippen molar-refractivity contribution in [3.63, 3.8) is 0 Å². The van der Waals surface area contributed by atoms with Gasteiger partial charge in [-0.25, -0.2) is 14.2 Å². The number of nitrogens with zero attached hydrogens (tertiary/aromatic N) is 3. The number of carbonyl (C=O) groups excluding carboxylic acids is 1. The Morgan fingerprint density at radius 2 is 1.88 bits per heavy atom. The molecule has 134 valence electrons. The molecule has 0 radical (unpaired) electrons. The zero-order valence-corrected chi connectivity index (χ0v) is 15.5. The first-order chi connectivity index (χ1) is 11.8. The van der Waals surface area contributed by atoms with Crippen molar-refractivity contribution in [2.75, 3.05) is 31.1 Å². The summed E-state index contributed by atoms with van der Waals surface area (Å²) in [5, 5.41) is 2.72. The third-order valence-corrected chi connectivity index (χ3v) is 4.75. The number of hydrogen-bond donors (Lipinski definition) is 0. The highest BCUT2D eigenvalue weighted by atomic mass is 32.1. The number of benzene rings is 1. The molecule has 0 unspecified atom stereocenters. The van der Waals surface area contributed by atoms with E-state index in [2.05, 4.69) is 9.88 Å². The van der Waals surface area contributed by atoms with E-state index in [0.29, 0.717) is 37.4 Å². The molecule has 0 spiro atoms. The largest absolute Gasteiger partial charge is 0.444 e. The summed E-state index contributed by atoms with van der Waals surface area (Å²) in [4.78, 5) is 20.5. The molecule has 2 heterocycles. The molecule has 0 saturated carbocycles. The SMILES string of the molecule is CC(C)(C)OC(=O)N1CCN(c2nc(-c3ccccc3F)cs2)CC1. The molecule has 2 aromatic rings.